The van der Waals surface area contributed by atoms with Crippen molar-refractivity contribution < 1.29 is 19.4 Å². The first-order valence-corrected chi connectivity index (χ1v) is 7.10. The van der Waals surface area contributed by atoms with Crippen LogP contribution in [0.4, 0.5) is 0 Å². The van der Waals surface area contributed by atoms with Crippen LogP contribution in [0.1, 0.15) is 39.0 Å². The topological polar surface area (TPSA) is 59.0 Å². The zero-order chi connectivity index (χ0) is 14.3. The van der Waals surface area contributed by atoms with E-state index in [4.69, 9.17) is 9.47 Å². The van der Waals surface area contributed by atoms with Gasteiger partial charge in [0, 0.05) is 32.6 Å². The number of unbranched alkanes of at least 4 members (excludes halogenated alkanes) is 1. The number of esters is 1. The molecule has 1 fully saturated rings. The summed E-state index contributed by atoms with van der Waals surface area (Å²) < 4.78 is 10.1. The quantitative estimate of drug-likeness (QED) is 0.706. The number of methoxy groups -OCH3 is 1. The summed E-state index contributed by atoms with van der Waals surface area (Å²) in [6.45, 7) is 3.75. The summed E-state index contributed by atoms with van der Waals surface area (Å²) in [6.07, 6.45) is 4.04. The summed E-state index contributed by atoms with van der Waals surface area (Å²) in [7, 11) is 3.29. The van der Waals surface area contributed by atoms with Crippen LogP contribution in [0.5, 0.6) is 0 Å². The van der Waals surface area contributed by atoms with E-state index in [0.717, 1.165) is 19.3 Å². The van der Waals surface area contributed by atoms with Crippen LogP contribution in [-0.4, -0.2) is 61.5 Å². The highest BCUT2D eigenvalue weighted by Crippen LogP contribution is 2.23. The van der Waals surface area contributed by atoms with Crippen molar-refractivity contribution in [3.8, 4) is 0 Å². The van der Waals surface area contributed by atoms with Crippen molar-refractivity contribution in [2.45, 2.75) is 50.7 Å². The van der Waals surface area contributed by atoms with Gasteiger partial charge in [0.1, 0.15) is 6.04 Å². The smallest absolute Gasteiger partial charge is 0.323 e. The Morgan fingerprint density at radius 3 is 2.63 bits per heavy atom. The second kappa shape index (κ2) is 7.82. The monoisotopic (exact) mass is 273 g/mol. The summed E-state index contributed by atoms with van der Waals surface area (Å²) in [5.41, 5.74) is -0.745. The molecule has 19 heavy (non-hydrogen) atoms. The number of hydrogen-bond donors (Lipinski definition) is 1. The van der Waals surface area contributed by atoms with Crippen LogP contribution in [0, 0.1) is 0 Å². The van der Waals surface area contributed by atoms with Crippen LogP contribution in [0.2, 0.25) is 0 Å². The minimum atomic E-state index is -0.745. The van der Waals surface area contributed by atoms with Crippen molar-refractivity contribution in [3.63, 3.8) is 0 Å². The number of ether oxygens (including phenoxy) is 2. The van der Waals surface area contributed by atoms with Crippen LogP contribution < -0.4 is 0 Å². The fourth-order valence-electron chi connectivity index (χ4n) is 2.54. The maximum Gasteiger partial charge on any atom is 0.323 e. The van der Waals surface area contributed by atoms with Gasteiger partial charge in [-0.1, -0.05) is 19.8 Å². The zero-order valence-electron chi connectivity index (χ0n) is 12.4. The van der Waals surface area contributed by atoms with Crippen molar-refractivity contribution >= 4 is 5.97 Å². The summed E-state index contributed by atoms with van der Waals surface area (Å²) in [6, 6.07) is -0.267. The van der Waals surface area contributed by atoms with Gasteiger partial charge in [-0.25, -0.2) is 0 Å². The summed E-state index contributed by atoms with van der Waals surface area (Å²) in [5, 5.41) is 10.5. The molecule has 0 aliphatic carbocycles. The van der Waals surface area contributed by atoms with E-state index in [0.29, 0.717) is 32.6 Å². The van der Waals surface area contributed by atoms with E-state index >= 15 is 0 Å². The van der Waals surface area contributed by atoms with Gasteiger partial charge in [0.05, 0.1) is 12.7 Å². The molecule has 0 radical (unpaired) electrons. The maximum atomic E-state index is 11.8. The first-order chi connectivity index (χ1) is 9.02. The third-order valence-corrected chi connectivity index (χ3v) is 3.80. The Morgan fingerprint density at radius 2 is 2.11 bits per heavy atom. The van der Waals surface area contributed by atoms with Crippen LogP contribution >= 0.6 is 0 Å². The Morgan fingerprint density at radius 1 is 1.47 bits per heavy atom. The molecule has 0 aromatic heterocycles. The SMILES string of the molecule is CCCCC(C(=O)OC)N(C)CC1(O)CCOCC1. The molecule has 1 rings (SSSR count). The molecule has 5 heteroatoms. The predicted octanol–water partition coefficient (Wildman–Crippen LogP) is 1.19. The molecular formula is C14H27NO4. The van der Waals surface area contributed by atoms with E-state index in [1.807, 2.05) is 11.9 Å². The molecule has 0 aromatic rings. The van der Waals surface area contributed by atoms with Gasteiger partial charge in [-0.2, -0.15) is 0 Å². The van der Waals surface area contributed by atoms with Crippen LogP contribution in [0.15, 0.2) is 0 Å². The minimum Gasteiger partial charge on any atom is -0.468 e. The molecule has 5 nitrogen and oxygen atoms in total. The molecule has 1 N–H and O–H groups in total. The number of aliphatic hydroxyl groups is 1. The maximum absolute atomic E-state index is 11.8. The molecule has 112 valence electrons. The van der Waals surface area contributed by atoms with Crippen molar-refractivity contribution in [1.82, 2.24) is 4.90 Å². The lowest BCUT2D eigenvalue weighted by atomic mass is 9.93. The average Bonchev–Trinajstić information content (AvgIpc) is 2.39. The van der Waals surface area contributed by atoms with Crippen molar-refractivity contribution in [1.29, 1.82) is 0 Å². The third-order valence-electron chi connectivity index (χ3n) is 3.80. The number of hydrogen-bond acceptors (Lipinski definition) is 5. The van der Waals surface area contributed by atoms with E-state index in [2.05, 4.69) is 6.92 Å². The second-order valence-electron chi connectivity index (χ2n) is 5.43. The summed E-state index contributed by atoms with van der Waals surface area (Å²) >= 11 is 0. The lowest BCUT2D eigenvalue weighted by Gasteiger charge is -2.37. The normalized spacial score (nSPS) is 20.3. The number of likely N-dealkylation sites (N-methyl/N-ethyl adjacent to an activating group) is 1. The highest BCUT2D eigenvalue weighted by atomic mass is 16.5. The molecule has 0 bridgehead atoms. The van der Waals surface area contributed by atoms with Gasteiger partial charge < -0.3 is 14.6 Å². The van der Waals surface area contributed by atoms with E-state index in [1.54, 1.807) is 0 Å². The van der Waals surface area contributed by atoms with Gasteiger partial charge in [-0.3, -0.25) is 9.69 Å². The van der Waals surface area contributed by atoms with Gasteiger partial charge >= 0.3 is 5.97 Å². The van der Waals surface area contributed by atoms with E-state index in [1.165, 1.54) is 7.11 Å². The first kappa shape index (κ1) is 16.4. The molecule has 1 saturated heterocycles. The van der Waals surface area contributed by atoms with Crippen molar-refractivity contribution in [3.05, 3.63) is 0 Å². The Labute approximate surface area is 115 Å². The molecule has 0 spiro atoms. The average molecular weight is 273 g/mol. The molecule has 1 unspecified atom stereocenters. The fraction of sp³-hybridized carbons (Fsp3) is 0.929. The molecule has 1 aliphatic rings. The molecular weight excluding hydrogens is 246 g/mol. The lowest BCUT2D eigenvalue weighted by Crippen LogP contribution is -2.50. The molecule has 1 heterocycles. The van der Waals surface area contributed by atoms with Crippen LogP contribution in [-0.2, 0) is 14.3 Å². The highest BCUT2D eigenvalue weighted by molar-refractivity contribution is 5.75. The van der Waals surface area contributed by atoms with Crippen LogP contribution in [0.3, 0.4) is 0 Å². The second-order valence-corrected chi connectivity index (χ2v) is 5.43. The van der Waals surface area contributed by atoms with Gasteiger partial charge in [0.25, 0.3) is 0 Å². The summed E-state index contributed by atoms with van der Waals surface area (Å²) in [5.74, 6) is -0.216. The van der Waals surface area contributed by atoms with Crippen molar-refractivity contribution in [2.75, 3.05) is 33.9 Å². The van der Waals surface area contributed by atoms with Gasteiger partial charge in [-0.15, -0.1) is 0 Å². The zero-order valence-corrected chi connectivity index (χ0v) is 12.4. The Kier molecular flexibility index (Phi) is 6.75. The molecule has 1 aliphatic heterocycles. The van der Waals surface area contributed by atoms with Gasteiger partial charge in [0.15, 0.2) is 0 Å². The molecule has 1 atom stereocenters. The van der Waals surface area contributed by atoms with Crippen molar-refractivity contribution in [2.24, 2.45) is 0 Å². The van der Waals surface area contributed by atoms with Crippen LogP contribution in [0.25, 0.3) is 0 Å². The number of rotatable bonds is 7. The number of nitrogens with zero attached hydrogens (tertiary/aromatic N) is 1. The van der Waals surface area contributed by atoms with Gasteiger partial charge in [0.2, 0.25) is 0 Å². The minimum absolute atomic E-state index is 0.216. The number of carbonyl (C=O) groups excluding carboxylic acids is 1. The highest BCUT2D eigenvalue weighted by Gasteiger charge is 2.34. The lowest BCUT2D eigenvalue weighted by molar-refractivity contribution is -0.149. The summed E-state index contributed by atoms with van der Waals surface area (Å²) in [4.78, 5) is 13.8. The Balaban J connectivity index is 2.59. The largest absolute Gasteiger partial charge is 0.468 e. The van der Waals surface area contributed by atoms with Gasteiger partial charge in [-0.05, 0) is 13.5 Å². The number of carbonyl (C=O) groups is 1. The molecule has 0 aromatic carbocycles. The standard InChI is InChI=1S/C14H27NO4/c1-4-5-6-12(13(16)18-3)15(2)11-14(17)7-9-19-10-8-14/h12,17H,4-11H2,1-3H3. The Hall–Kier alpha value is -0.650. The first-order valence-electron chi connectivity index (χ1n) is 7.10. The van der Waals surface area contributed by atoms with E-state index in [9.17, 15) is 9.90 Å². The fourth-order valence-corrected chi connectivity index (χ4v) is 2.54. The Bertz CT molecular complexity index is 277. The predicted molar refractivity (Wildman–Crippen MR) is 73.0 cm³/mol. The molecule has 0 amide bonds. The van der Waals surface area contributed by atoms with E-state index < -0.39 is 5.60 Å². The molecule has 0 saturated carbocycles. The van der Waals surface area contributed by atoms with E-state index in [-0.39, 0.29) is 12.0 Å². The third kappa shape index (κ3) is 5.09.